The SMILES string of the molecule is CCCCOCCOCC(=O)NCNCCOc1cc(OCCNCNC(=O)COCCOCCCC)cc(C(=O)NCCCOCC(COCCCNC(=O)c2cc(OCCNCNC(=O)COCCOCCCC)cc(OCCNCNC(=O)COCCOCCCC)c2)(COCCCNC(=O)c2cc(OCCNCNC(=O)COCCOCCCC)cc(OCCNCNC(=O)COCCOCCCC)c2)CC(C)=O)c1. The minimum atomic E-state index is -1.07. The van der Waals surface area contributed by atoms with E-state index in [4.69, 9.17) is 99.5 Å². The fourth-order valence-electron chi connectivity index (χ4n) is 12.8. The van der Waals surface area contributed by atoms with Crippen molar-refractivity contribution in [3.05, 3.63) is 71.3 Å². The fraction of sp³-hybridized carbons (Fsp3) is 0.728. The lowest BCUT2D eigenvalue weighted by atomic mass is 9.85. The summed E-state index contributed by atoms with van der Waals surface area (Å²) >= 11 is 0. The molecule has 0 heterocycles. The summed E-state index contributed by atoms with van der Waals surface area (Å²) in [5.41, 5.74) is -0.377. The third kappa shape index (κ3) is 78.4. The van der Waals surface area contributed by atoms with Crippen molar-refractivity contribution in [2.75, 3.05) is 337 Å². The van der Waals surface area contributed by atoms with Crippen molar-refractivity contribution in [2.24, 2.45) is 5.41 Å². The second kappa shape index (κ2) is 95.6. The van der Waals surface area contributed by atoms with Gasteiger partial charge in [0.25, 0.3) is 17.7 Å². The highest BCUT2D eigenvalue weighted by molar-refractivity contribution is 5.96. The number of hydrogen-bond donors (Lipinski definition) is 15. The minimum Gasteiger partial charge on any atom is -0.492 e. The van der Waals surface area contributed by atoms with Gasteiger partial charge in [0.15, 0.2) is 0 Å². The van der Waals surface area contributed by atoms with Crippen LogP contribution >= 0.6 is 0 Å². The Kier molecular flexibility index (Phi) is 85.8. The summed E-state index contributed by atoms with van der Waals surface area (Å²) in [5, 5.41) is 44.0. The lowest BCUT2D eigenvalue weighted by Gasteiger charge is -2.32. The van der Waals surface area contributed by atoms with Crippen molar-refractivity contribution >= 4 is 58.9 Å². The monoisotopic (exact) mass is 2120 g/mol. The molecule has 9 amide bonds. The molecule has 0 unspecified atom stereocenters. The number of amides is 9. The zero-order valence-corrected chi connectivity index (χ0v) is 89.7. The fourth-order valence-corrected chi connectivity index (χ4v) is 12.8. The van der Waals surface area contributed by atoms with E-state index in [1.54, 1.807) is 54.6 Å². The molecule has 0 radical (unpaired) electrons. The van der Waals surface area contributed by atoms with Crippen LogP contribution in [0.3, 0.4) is 0 Å². The Balaban J connectivity index is 1.83. The summed E-state index contributed by atoms with van der Waals surface area (Å²) < 4.78 is 121. The molecule has 149 heavy (non-hydrogen) atoms. The first kappa shape index (κ1) is 134. The zero-order chi connectivity index (χ0) is 108. The van der Waals surface area contributed by atoms with E-state index in [2.05, 4.69) is 121 Å². The minimum absolute atomic E-state index is 0.0270. The number of carbonyl (C=O) groups excluding carboxylic acids is 10. The third-order valence-corrected chi connectivity index (χ3v) is 20.8. The van der Waals surface area contributed by atoms with Gasteiger partial charge in [-0.1, -0.05) is 80.1 Å². The van der Waals surface area contributed by atoms with Crippen molar-refractivity contribution in [1.82, 2.24) is 79.8 Å². The summed E-state index contributed by atoms with van der Waals surface area (Å²) in [6.45, 7) is 25.6. The Labute approximate surface area is 881 Å². The van der Waals surface area contributed by atoms with Crippen LogP contribution in [0.4, 0.5) is 0 Å². The average Bonchev–Trinajstić information content (AvgIpc) is 0.859. The smallest absolute Gasteiger partial charge is 0.251 e. The number of hydrogen-bond acceptors (Lipinski definition) is 37. The molecule has 46 heteroatoms. The molecule has 0 saturated carbocycles. The number of rotatable bonds is 107. The Hall–Kier alpha value is -9.48. The number of nitrogens with one attached hydrogen (secondary N) is 15. The number of unbranched alkanes of at least 4 members (excludes halogenated alkanes) is 6. The molecule has 0 bridgehead atoms. The summed E-state index contributed by atoms with van der Waals surface area (Å²) in [6.07, 6.45) is 12.7. The molecule has 0 saturated heterocycles. The van der Waals surface area contributed by atoms with Crippen LogP contribution in [0.1, 0.15) is 182 Å². The number of ketones is 1. The molecule has 0 atom stereocenters. The van der Waals surface area contributed by atoms with Crippen LogP contribution in [0.25, 0.3) is 0 Å². The summed E-state index contributed by atoms with van der Waals surface area (Å²) in [7, 11) is 0. The normalized spacial score (nSPS) is 11.3. The molecule has 852 valence electrons. The van der Waals surface area contributed by atoms with Gasteiger partial charge in [-0.3, -0.25) is 75.1 Å². The Morgan fingerprint density at radius 1 is 0.208 bits per heavy atom. The molecule has 0 aliphatic carbocycles. The largest absolute Gasteiger partial charge is 0.492 e. The molecule has 0 aliphatic rings. The topological polar surface area (TPSA) is 545 Å². The van der Waals surface area contributed by atoms with Crippen LogP contribution in [0, 0.1) is 5.41 Å². The molecule has 0 spiro atoms. The van der Waals surface area contributed by atoms with Gasteiger partial charge in [0.2, 0.25) is 35.4 Å². The van der Waals surface area contributed by atoms with Gasteiger partial charge in [0.1, 0.15) is 120 Å². The van der Waals surface area contributed by atoms with Crippen LogP contribution in [0.5, 0.6) is 34.5 Å². The molecule has 3 aromatic rings. The maximum Gasteiger partial charge on any atom is 0.251 e. The number of carbonyl (C=O) groups is 10. The van der Waals surface area contributed by atoms with Crippen LogP contribution in [0.2, 0.25) is 0 Å². The molecule has 0 fully saturated rings. The van der Waals surface area contributed by atoms with Gasteiger partial charge in [-0.15, -0.1) is 0 Å². The number of Topliss-reactive ketones (excluding diaryl/α,β-unsaturated/α-hetero) is 1. The summed E-state index contributed by atoms with van der Waals surface area (Å²) in [4.78, 5) is 130. The molecule has 15 N–H and O–H groups in total. The molecular formula is C103H179N15O31. The highest BCUT2D eigenvalue weighted by Crippen LogP contribution is 2.29. The number of ether oxygens (including phenoxy) is 21. The summed E-state index contributed by atoms with van der Waals surface area (Å²) in [5.74, 6) is -1.34. The summed E-state index contributed by atoms with van der Waals surface area (Å²) in [6, 6.07) is 14.4. The molecule has 3 aromatic carbocycles. The van der Waals surface area contributed by atoms with Gasteiger partial charge in [0, 0.05) is 165 Å². The molecule has 0 aliphatic heterocycles. The van der Waals surface area contributed by atoms with Crippen LogP contribution in [-0.4, -0.2) is 396 Å². The van der Waals surface area contributed by atoms with Gasteiger partial charge in [-0.05, 0) is 101 Å². The highest BCUT2D eigenvalue weighted by Gasteiger charge is 2.34. The van der Waals surface area contributed by atoms with E-state index in [9.17, 15) is 47.9 Å². The molecular weight excluding hydrogens is 1940 g/mol. The van der Waals surface area contributed by atoms with E-state index >= 15 is 0 Å². The third-order valence-electron chi connectivity index (χ3n) is 20.8. The van der Waals surface area contributed by atoms with Crippen LogP contribution < -0.4 is 108 Å². The van der Waals surface area contributed by atoms with E-state index in [0.717, 1.165) is 77.0 Å². The quantitative estimate of drug-likeness (QED) is 0.0283. The van der Waals surface area contributed by atoms with Crippen molar-refractivity contribution in [1.29, 1.82) is 0 Å². The highest BCUT2D eigenvalue weighted by atomic mass is 16.6. The second-order valence-corrected chi connectivity index (χ2v) is 34.3. The van der Waals surface area contributed by atoms with E-state index in [-0.39, 0.29) is 243 Å². The van der Waals surface area contributed by atoms with E-state index in [0.29, 0.717) is 212 Å². The Morgan fingerprint density at radius 3 is 0.570 bits per heavy atom. The second-order valence-electron chi connectivity index (χ2n) is 34.3. The molecule has 3 rings (SSSR count). The van der Waals surface area contributed by atoms with Gasteiger partial charge >= 0.3 is 0 Å². The zero-order valence-electron chi connectivity index (χ0n) is 89.7. The average molecular weight is 2120 g/mol. The predicted molar refractivity (Wildman–Crippen MR) is 559 cm³/mol. The first-order chi connectivity index (χ1) is 72.8. The van der Waals surface area contributed by atoms with E-state index in [1.807, 2.05) is 0 Å². The van der Waals surface area contributed by atoms with Crippen LogP contribution in [0.15, 0.2) is 54.6 Å². The predicted octanol–water partition coefficient (Wildman–Crippen LogP) is 3.71. The lowest BCUT2D eigenvalue weighted by molar-refractivity contribution is -0.127. The van der Waals surface area contributed by atoms with Crippen molar-refractivity contribution < 1.29 is 147 Å². The van der Waals surface area contributed by atoms with Crippen molar-refractivity contribution in [2.45, 2.75) is 151 Å². The van der Waals surface area contributed by atoms with Crippen LogP contribution in [-0.2, 0) is 105 Å². The van der Waals surface area contributed by atoms with Gasteiger partial charge in [-0.25, -0.2) is 0 Å². The first-order valence-corrected chi connectivity index (χ1v) is 52.9. The van der Waals surface area contributed by atoms with Gasteiger partial charge in [-0.2, -0.15) is 0 Å². The van der Waals surface area contributed by atoms with E-state index < -0.39 is 23.1 Å². The van der Waals surface area contributed by atoms with Gasteiger partial charge in [0.05, 0.1) is 139 Å². The lowest BCUT2D eigenvalue weighted by Crippen LogP contribution is -2.40. The van der Waals surface area contributed by atoms with Gasteiger partial charge < -0.3 is 152 Å². The first-order valence-electron chi connectivity index (χ1n) is 52.9. The maximum atomic E-state index is 14.1. The van der Waals surface area contributed by atoms with Crippen molar-refractivity contribution in [3.8, 4) is 34.5 Å². The molecule has 0 aromatic heterocycles. The molecule has 46 nitrogen and oxygen atoms in total. The van der Waals surface area contributed by atoms with E-state index in [1.165, 1.54) is 6.92 Å². The van der Waals surface area contributed by atoms with Crippen molar-refractivity contribution in [3.63, 3.8) is 0 Å². The Bertz CT molecular complexity index is 3380. The Morgan fingerprint density at radius 2 is 0.389 bits per heavy atom. The maximum absolute atomic E-state index is 14.1. The standard InChI is InChI=1S/C103H179N15O31/c1-8-14-32-129-47-53-135-69-94(120)113-78-104-26-41-144-88-59-85(60-89(65-88)145-42-27-105-79-114-95(121)70-136-54-48-130-33-15-9-2)100(126)110-23-20-38-141-75-103(68-84(7)119,76-142-39-21-24-111-101(127)86-61-90(146-43-28-106-80-115-96(122)71-137-55-49-131-34-16-10-3)66-91(62-86)147-44-29-107-81-116-97(123)72-138-56-50-132-35-17-11-4)77-143-40-22-25-112-102(128)87-63-92(148-45-30-108-82-117-98(124)73-139-57-51-133-36-18-12-5)67-93(64-87)149-46-31-109-83-118-99(125)74-140-58-52-134-37-19-13-6/h59-67,104-109H,8-58,68-83H2,1-7H3,(H,110,126)(H,111,127)(H,112,128)(H,113,120)(H,114,121)(H,115,122)(H,116,123)(H,117,124)(H,118,125). The number of benzene rings is 3.